The largest absolute Gasteiger partial charge is 0.389 e. The molecule has 0 radical (unpaired) electrons. The average Bonchev–Trinajstić information content (AvgIpc) is 2.27. The van der Waals surface area contributed by atoms with Crippen LogP contribution in [0.1, 0.15) is 19.4 Å². The van der Waals surface area contributed by atoms with Crippen LogP contribution in [0.3, 0.4) is 0 Å². The summed E-state index contributed by atoms with van der Waals surface area (Å²) in [5.41, 5.74) is 6.44. The highest BCUT2D eigenvalue weighted by Gasteiger charge is 2.38. The lowest BCUT2D eigenvalue weighted by atomic mass is 10.1. The van der Waals surface area contributed by atoms with E-state index in [4.69, 9.17) is 18.0 Å². The standard InChI is InChI=1S/C12H16N2O3S2/c1-12(2,19(3,16)17)11(15)14-9-7-5-4-6-8(9)10(13)18/h4-7H,1-3H3,(H2,13,18)(H,14,15). The van der Waals surface area contributed by atoms with Gasteiger partial charge in [0.2, 0.25) is 5.91 Å². The molecule has 1 amide bonds. The maximum atomic E-state index is 12.1. The zero-order chi connectivity index (χ0) is 14.8. The Balaban J connectivity index is 3.12. The molecule has 0 saturated heterocycles. The normalized spacial score (nSPS) is 11.9. The highest BCUT2D eigenvalue weighted by molar-refractivity contribution is 7.92. The van der Waals surface area contributed by atoms with Gasteiger partial charge in [-0.15, -0.1) is 0 Å². The Kier molecular flexibility index (Phi) is 4.32. The minimum Gasteiger partial charge on any atom is -0.389 e. The van der Waals surface area contributed by atoms with Gasteiger partial charge in [-0.2, -0.15) is 0 Å². The molecule has 7 heteroatoms. The van der Waals surface area contributed by atoms with E-state index in [0.29, 0.717) is 11.3 Å². The summed E-state index contributed by atoms with van der Waals surface area (Å²) in [6, 6.07) is 6.70. The molecule has 104 valence electrons. The minimum atomic E-state index is -3.53. The summed E-state index contributed by atoms with van der Waals surface area (Å²) >= 11 is 4.88. The Labute approximate surface area is 118 Å². The molecule has 0 heterocycles. The van der Waals surface area contributed by atoms with Crippen molar-refractivity contribution in [3.05, 3.63) is 29.8 Å². The number of carbonyl (C=O) groups excluding carboxylic acids is 1. The van der Waals surface area contributed by atoms with Crippen LogP contribution in [0, 0.1) is 0 Å². The van der Waals surface area contributed by atoms with E-state index in [0.717, 1.165) is 6.26 Å². The molecule has 0 unspecified atom stereocenters. The first kappa shape index (κ1) is 15.6. The van der Waals surface area contributed by atoms with Crippen LogP contribution in [0.4, 0.5) is 5.69 Å². The number of para-hydroxylation sites is 1. The number of benzene rings is 1. The van der Waals surface area contributed by atoms with E-state index in [1.54, 1.807) is 24.3 Å². The molecule has 0 aliphatic carbocycles. The van der Waals surface area contributed by atoms with E-state index in [1.807, 2.05) is 0 Å². The fraction of sp³-hybridized carbons (Fsp3) is 0.333. The fourth-order valence-corrected chi connectivity index (χ4v) is 1.81. The van der Waals surface area contributed by atoms with Crippen molar-refractivity contribution in [1.82, 2.24) is 0 Å². The average molecular weight is 300 g/mol. The fourth-order valence-electron chi connectivity index (χ4n) is 1.25. The number of carbonyl (C=O) groups is 1. The van der Waals surface area contributed by atoms with Gasteiger partial charge in [-0.3, -0.25) is 4.79 Å². The summed E-state index contributed by atoms with van der Waals surface area (Å²) in [4.78, 5) is 12.2. The van der Waals surface area contributed by atoms with Crippen molar-refractivity contribution in [2.75, 3.05) is 11.6 Å². The molecule has 1 aromatic rings. The predicted molar refractivity (Wildman–Crippen MR) is 79.9 cm³/mol. The number of hydrogen-bond acceptors (Lipinski definition) is 4. The van der Waals surface area contributed by atoms with Crippen molar-refractivity contribution < 1.29 is 13.2 Å². The molecule has 1 aromatic carbocycles. The van der Waals surface area contributed by atoms with Gasteiger partial charge in [0.25, 0.3) is 0 Å². The number of rotatable bonds is 4. The number of anilines is 1. The van der Waals surface area contributed by atoms with E-state index < -0.39 is 20.5 Å². The summed E-state index contributed by atoms with van der Waals surface area (Å²) in [7, 11) is -3.53. The van der Waals surface area contributed by atoms with Crippen molar-refractivity contribution in [2.24, 2.45) is 5.73 Å². The lowest BCUT2D eigenvalue weighted by Gasteiger charge is -2.22. The Hall–Kier alpha value is -1.47. The lowest BCUT2D eigenvalue weighted by Crippen LogP contribution is -2.44. The molecule has 0 aromatic heterocycles. The first-order valence-corrected chi connectivity index (χ1v) is 7.77. The van der Waals surface area contributed by atoms with Crippen LogP contribution >= 0.6 is 12.2 Å². The highest BCUT2D eigenvalue weighted by Crippen LogP contribution is 2.21. The summed E-state index contributed by atoms with van der Waals surface area (Å²) in [5.74, 6) is -0.626. The van der Waals surface area contributed by atoms with Gasteiger partial charge < -0.3 is 11.1 Å². The summed E-state index contributed by atoms with van der Waals surface area (Å²) in [5, 5.41) is 2.55. The van der Waals surface area contributed by atoms with Gasteiger partial charge in [-0.1, -0.05) is 24.4 Å². The zero-order valence-corrected chi connectivity index (χ0v) is 12.6. The van der Waals surface area contributed by atoms with Crippen LogP contribution in [-0.4, -0.2) is 30.3 Å². The van der Waals surface area contributed by atoms with E-state index in [1.165, 1.54) is 13.8 Å². The number of nitrogens with two attached hydrogens (primary N) is 1. The van der Waals surface area contributed by atoms with Crippen LogP contribution in [0.25, 0.3) is 0 Å². The smallest absolute Gasteiger partial charge is 0.245 e. The van der Waals surface area contributed by atoms with Gasteiger partial charge in [-0.25, -0.2) is 8.42 Å². The minimum absolute atomic E-state index is 0.132. The van der Waals surface area contributed by atoms with Gasteiger partial charge >= 0.3 is 0 Å². The number of sulfone groups is 1. The van der Waals surface area contributed by atoms with Gasteiger partial charge in [-0.05, 0) is 26.0 Å². The molecule has 0 aliphatic heterocycles. The lowest BCUT2D eigenvalue weighted by molar-refractivity contribution is -0.117. The molecular weight excluding hydrogens is 284 g/mol. The number of thiocarbonyl (C=S) groups is 1. The van der Waals surface area contributed by atoms with E-state index >= 15 is 0 Å². The van der Waals surface area contributed by atoms with Gasteiger partial charge in [0.15, 0.2) is 9.84 Å². The highest BCUT2D eigenvalue weighted by atomic mass is 32.2. The Morgan fingerprint density at radius 1 is 1.32 bits per heavy atom. The van der Waals surface area contributed by atoms with Crippen LogP contribution in [0.2, 0.25) is 0 Å². The van der Waals surface area contributed by atoms with E-state index in [-0.39, 0.29) is 4.99 Å². The third-order valence-electron chi connectivity index (χ3n) is 2.91. The predicted octanol–water partition coefficient (Wildman–Crippen LogP) is 1.08. The molecule has 3 N–H and O–H groups in total. The van der Waals surface area contributed by atoms with Crippen molar-refractivity contribution in [1.29, 1.82) is 0 Å². The van der Waals surface area contributed by atoms with Crippen LogP contribution in [-0.2, 0) is 14.6 Å². The zero-order valence-electron chi connectivity index (χ0n) is 10.9. The van der Waals surface area contributed by atoms with Crippen molar-refractivity contribution in [2.45, 2.75) is 18.6 Å². The Morgan fingerprint density at radius 2 is 1.84 bits per heavy atom. The molecule has 19 heavy (non-hydrogen) atoms. The van der Waals surface area contributed by atoms with E-state index in [9.17, 15) is 13.2 Å². The Bertz CT molecular complexity index is 622. The topological polar surface area (TPSA) is 89.3 Å². The number of nitrogens with one attached hydrogen (secondary N) is 1. The van der Waals surface area contributed by atoms with Crippen molar-refractivity contribution in [3.8, 4) is 0 Å². The third-order valence-corrected chi connectivity index (χ3v) is 5.17. The number of hydrogen-bond donors (Lipinski definition) is 2. The molecule has 0 saturated carbocycles. The van der Waals surface area contributed by atoms with E-state index in [2.05, 4.69) is 5.32 Å². The second-order valence-corrected chi connectivity index (χ2v) is 7.65. The molecule has 1 rings (SSSR count). The summed E-state index contributed by atoms with van der Waals surface area (Å²) < 4.78 is 21.7. The first-order chi connectivity index (χ1) is 8.57. The van der Waals surface area contributed by atoms with Crippen molar-refractivity contribution >= 4 is 38.6 Å². The SMILES string of the molecule is CC(C)(C(=O)Nc1ccccc1C(N)=S)S(C)(=O)=O. The van der Waals surface area contributed by atoms with Crippen molar-refractivity contribution in [3.63, 3.8) is 0 Å². The molecule has 0 atom stereocenters. The monoisotopic (exact) mass is 300 g/mol. The first-order valence-electron chi connectivity index (χ1n) is 5.47. The molecule has 5 nitrogen and oxygen atoms in total. The second-order valence-electron chi connectivity index (χ2n) is 4.65. The Morgan fingerprint density at radius 3 is 2.32 bits per heavy atom. The van der Waals surface area contributed by atoms with Gasteiger partial charge in [0, 0.05) is 11.8 Å². The molecule has 0 aliphatic rings. The van der Waals surface area contributed by atoms with Gasteiger partial charge in [0.05, 0.1) is 5.69 Å². The quantitative estimate of drug-likeness (QED) is 0.812. The van der Waals surface area contributed by atoms with Gasteiger partial charge in [0.1, 0.15) is 9.74 Å². The second kappa shape index (κ2) is 5.26. The molecular formula is C12H16N2O3S2. The third kappa shape index (κ3) is 3.30. The summed E-state index contributed by atoms with van der Waals surface area (Å²) in [6.45, 7) is 2.70. The number of amides is 1. The maximum Gasteiger partial charge on any atom is 0.245 e. The van der Waals surface area contributed by atoms with Crippen LogP contribution < -0.4 is 11.1 Å². The summed E-state index contributed by atoms with van der Waals surface area (Å²) in [6.07, 6.45) is 1.02. The van der Waals surface area contributed by atoms with Crippen LogP contribution in [0.15, 0.2) is 24.3 Å². The van der Waals surface area contributed by atoms with Crippen LogP contribution in [0.5, 0.6) is 0 Å². The molecule has 0 fully saturated rings. The molecule has 0 bridgehead atoms. The maximum absolute atomic E-state index is 12.1. The molecule has 0 spiro atoms.